The molecule has 1 unspecified atom stereocenters. The Kier molecular flexibility index (Phi) is 10.1. The van der Waals surface area contributed by atoms with Gasteiger partial charge in [-0.1, -0.05) is 82.8 Å². The lowest BCUT2D eigenvalue weighted by Gasteiger charge is -2.33. The molecule has 0 radical (unpaired) electrons. The van der Waals surface area contributed by atoms with Gasteiger partial charge in [0.1, 0.15) is 11.8 Å². The van der Waals surface area contributed by atoms with Gasteiger partial charge in [0.05, 0.1) is 15.1 Å². The number of hydrogen-bond donors (Lipinski definition) is 1. The lowest BCUT2D eigenvalue weighted by Crippen LogP contribution is -2.55. The SMILES string of the molecule is CC(C)(C)NC(=O)C(Cc1ccccc1)N(Cc1ccc(Cl)c(Cl)c1)C(=O)COc1ccc(Cl)cc1Cl. The summed E-state index contributed by atoms with van der Waals surface area (Å²) in [6.07, 6.45) is 0.303. The summed E-state index contributed by atoms with van der Waals surface area (Å²) in [5, 5.41) is 4.50. The average molecular weight is 582 g/mol. The summed E-state index contributed by atoms with van der Waals surface area (Å²) in [6.45, 7) is 5.45. The van der Waals surface area contributed by atoms with E-state index in [9.17, 15) is 9.59 Å². The fourth-order valence-electron chi connectivity index (χ4n) is 3.66. The van der Waals surface area contributed by atoms with Crippen LogP contribution in [0.5, 0.6) is 5.75 Å². The predicted octanol–water partition coefficient (Wildman–Crippen LogP) is 7.23. The lowest BCUT2D eigenvalue weighted by atomic mass is 10.0. The van der Waals surface area contributed by atoms with Crippen LogP contribution in [-0.4, -0.2) is 34.9 Å². The van der Waals surface area contributed by atoms with Crippen LogP contribution < -0.4 is 10.1 Å². The molecule has 3 aromatic rings. The summed E-state index contributed by atoms with van der Waals surface area (Å²) in [5.41, 5.74) is 1.12. The number of halogens is 4. The molecule has 37 heavy (non-hydrogen) atoms. The number of nitrogens with zero attached hydrogens (tertiary/aromatic N) is 1. The van der Waals surface area contributed by atoms with Gasteiger partial charge < -0.3 is 15.0 Å². The number of rotatable bonds is 9. The molecule has 196 valence electrons. The zero-order valence-electron chi connectivity index (χ0n) is 20.7. The number of benzene rings is 3. The normalized spacial score (nSPS) is 12.1. The van der Waals surface area contributed by atoms with Gasteiger partial charge in [-0.3, -0.25) is 9.59 Å². The van der Waals surface area contributed by atoms with E-state index in [0.717, 1.165) is 5.56 Å². The van der Waals surface area contributed by atoms with Crippen molar-refractivity contribution in [3.8, 4) is 5.75 Å². The van der Waals surface area contributed by atoms with Gasteiger partial charge in [0.2, 0.25) is 5.91 Å². The van der Waals surface area contributed by atoms with Crippen LogP contribution in [0.15, 0.2) is 66.7 Å². The number of ether oxygens (including phenoxy) is 1. The highest BCUT2D eigenvalue weighted by atomic mass is 35.5. The predicted molar refractivity (Wildman–Crippen MR) is 151 cm³/mol. The number of amides is 2. The Labute approximate surface area is 237 Å². The summed E-state index contributed by atoms with van der Waals surface area (Å²) in [5.74, 6) is -0.371. The number of hydrogen-bond acceptors (Lipinski definition) is 3. The third-order valence-electron chi connectivity index (χ3n) is 5.35. The summed E-state index contributed by atoms with van der Waals surface area (Å²) in [7, 11) is 0. The van der Waals surface area contributed by atoms with Gasteiger partial charge in [-0.2, -0.15) is 0 Å². The first-order chi connectivity index (χ1) is 17.4. The van der Waals surface area contributed by atoms with Crippen molar-refractivity contribution < 1.29 is 14.3 Å². The Bertz CT molecular complexity index is 1250. The maximum atomic E-state index is 13.6. The van der Waals surface area contributed by atoms with Crippen molar-refractivity contribution in [2.75, 3.05) is 6.61 Å². The van der Waals surface area contributed by atoms with Crippen molar-refractivity contribution in [3.63, 3.8) is 0 Å². The maximum absolute atomic E-state index is 13.6. The largest absolute Gasteiger partial charge is 0.482 e. The molecule has 0 aliphatic carbocycles. The number of nitrogens with one attached hydrogen (secondary N) is 1. The van der Waals surface area contributed by atoms with Gasteiger partial charge in [0.25, 0.3) is 5.91 Å². The Hall–Kier alpha value is -2.44. The highest BCUT2D eigenvalue weighted by molar-refractivity contribution is 6.42. The van der Waals surface area contributed by atoms with Crippen LogP contribution in [-0.2, 0) is 22.6 Å². The minimum absolute atomic E-state index is 0.114. The molecule has 1 atom stereocenters. The van der Waals surface area contributed by atoms with Crippen molar-refractivity contribution >= 4 is 58.2 Å². The van der Waals surface area contributed by atoms with Gasteiger partial charge in [-0.05, 0) is 62.2 Å². The van der Waals surface area contributed by atoms with Crippen molar-refractivity contribution in [1.82, 2.24) is 10.2 Å². The molecule has 0 aromatic heterocycles. The summed E-state index contributed by atoms with van der Waals surface area (Å²) < 4.78 is 5.74. The minimum Gasteiger partial charge on any atom is -0.482 e. The van der Waals surface area contributed by atoms with Crippen LogP contribution in [0, 0.1) is 0 Å². The third-order valence-corrected chi connectivity index (χ3v) is 6.62. The minimum atomic E-state index is -0.826. The smallest absolute Gasteiger partial charge is 0.261 e. The van der Waals surface area contributed by atoms with E-state index in [1.807, 2.05) is 51.1 Å². The van der Waals surface area contributed by atoms with Crippen LogP contribution in [0.4, 0.5) is 0 Å². The van der Waals surface area contributed by atoms with Crippen LogP contribution in [0.25, 0.3) is 0 Å². The fraction of sp³-hybridized carbons (Fsp3) is 0.286. The first-order valence-electron chi connectivity index (χ1n) is 11.6. The van der Waals surface area contributed by atoms with Gasteiger partial charge in [0.15, 0.2) is 6.61 Å². The molecule has 3 rings (SSSR count). The van der Waals surface area contributed by atoms with Gasteiger partial charge in [-0.25, -0.2) is 0 Å². The molecule has 0 aliphatic heterocycles. The topological polar surface area (TPSA) is 58.6 Å². The Morgan fingerprint density at radius 1 is 0.865 bits per heavy atom. The van der Waals surface area contributed by atoms with Crippen molar-refractivity contribution in [3.05, 3.63) is 97.9 Å². The second-order valence-corrected chi connectivity index (χ2v) is 11.2. The first kappa shape index (κ1) is 29.1. The molecular weight excluding hydrogens is 554 g/mol. The van der Waals surface area contributed by atoms with E-state index in [1.165, 1.54) is 11.0 Å². The summed E-state index contributed by atoms with van der Waals surface area (Å²) >= 11 is 24.5. The Morgan fingerprint density at radius 2 is 1.57 bits per heavy atom. The highest BCUT2D eigenvalue weighted by Gasteiger charge is 2.32. The zero-order valence-corrected chi connectivity index (χ0v) is 23.8. The van der Waals surface area contributed by atoms with Crippen LogP contribution >= 0.6 is 46.4 Å². The zero-order chi connectivity index (χ0) is 27.2. The molecule has 0 fully saturated rings. The van der Waals surface area contributed by atoms with Crippen LogP contribution in [0.2, 0.25) is 20.1 Å². The standard InChI is InChI=1S/C28H28Cl4N2O3/c1-28(2,3)33-27(36)24(14-18-7-5-4-6-8-18)34(16-19-9-11-21(30)22(31)13-19)26(35)17-37-25-12-10-20(29)15-23(25)32/h4-13,15,24H,14,16-17H2,1-3H3,(H,33,36). The van der Waals surface area contributed by atoms with E-state index in [2.05, 4.69) is 5.32 Å². The van der Waals surface area contributed by atoms with E-state index in [4.69, 9.17) is 51.1 Å². The monoisotopic (exact) mass is 580 g/mol. The average Bonchev–Trinajstić information content (AvgIpc) is 2.82. The van der Waals surface area contributed by atoms with Gasteiger partial charge in [-0.15, -0.1) is 0 Å². The first-order valence-corrected chi connectivity index (χ1v) is 13.1. The van der Waals surface area contributed by atoms with E-state index in [-0.39, 0.29) is 24.1 Å². The Morgan fingerprint density at radius 3 is 2.19 bits per heavy atom. The number of carbonyl (C=O) groups excluding carboxylic acids is 2. The van der Waals surface area contributed by atoms with Crippen molar-refractivity contribution in [2.24, 2.45) is 0 Å². The van der Waals surface area contributed by atoms with Gasteiger partial charge >= 0.3 is 0 Å². The van der Waals surface area contributed by atoms with E-state index in [0.29, 0.717) is 32.8 Å². The van der Waals surface area contributed by atoms with E-state index >= 15 is 0 Å². The third kappa shape index (κ3) is 8.82. The van der Waals surface area contributed by atoms with Crippen LogP contribution in [0.1, 0.15) is 31.9 Å². The van der Waals surface area contributed by atoms with E-state index in [1.54, 1.807) is 30.3 Å². The molecule has 0 saturated heterocycles. The second kappa shape index (κ2) is 12.9. The van der Waals surface area contributed by atoms with Crippen LogP contribution in [0.3, 0.4) is 0 Å². The second-order valence-electron chi connectivity index (χ2n) is 9.58. The molecule has 9 heteroatoms. The Balaban J connectivity index is 1.96. The van der Waals surface area contributed by atoms with Crippen molar-refractivity contribution in [2.45, 2.75) is 45.3 Å². The fourth-order valence-corrected chi connectivity index (χ4v) is 4.44. The van der Waals surface area contributed by atoms with Gasteiger partial charge in [0, 0.05) is 23.5 Å². The highest BCUT2D eigenvalue weighted by Crippen LogP contribution is 2.28. The molecule has 0 heterocycles. The molecule has 3 aromatic carbocycles. The molecule has 5 nitrogen and oxygen atoms in total. The molecular formula is C28H28Cl4N2O3. The molecule has 1 N–H and O–H groups in total. The van der Waals surface area contributed by atoms with Crippen molar-refractivity contribution in [1.29, 1.82) is 0 Å². The molecule has 0 spiro atoms. The summed E-state index contributed by atoms with van der Waals surface area (Å²) in [4.78, 5) is 28.7. The maximum Gasteiger partial charge on any atom is 0.261 e. The lowest BCUT2D eigenvalue weighted by molar-refractivity contribution is -0.143. The molecule has 0 aliphatic rings. The molecule has 0 bridgehead atoms. The van der Waals surface area contributed by atoms with E-state index < -0.39 is 17.5 Å². The summed E-state index contributed by atoms with van der Waals surface area (Å²) in [6, 6.07) is 18.6. The quantitative estimate of drug-likeness (QED) is 0.290. The molecule has 2 amide bonds. The number of carbonyl (C=O) groups is 2. The molecule has 0 saturated carbocycles.